The van der Waals surface area contributed by atoms with Crippen LogP contribution in [0.25, 0.3) is 11.4 Å². The van der Waals surface area contributed by atoms with Crippen LogP contribution in [0.1, 0.15) is 75.7 Å². The lowest BCUT2D eigenvalue weighted by Crippen LogP contribution is -2.13. The van der Waals surface area contributed by atoms with Gasteiger partial charge in [-0.15, -0.1) is 40.9 Å². The predicted molar refractivity (Wildman–Crippen MR) is 189 cm³/mol. The molecule has 18 nitrogen and oxygen atoms in total. The average Bonchev–Trinajstić information content (AvgIpc) is 3.89. The Morgan fingerprint density at radius 3 is 1.71 bits per heavy atom. The quantitative estimate of drug-likeness (QED) is 0.105. The number of azo groups is 2. The van der Waals surface area contributed by atoms with Gasteiger partial charge in [0.05, 0.1) is 39.8 Å². The maximum absolute atomic E-state index is 11.5. The van der Waals surface area contributed by atoms with Crippen LogP contribution in [0, 0.1) is 6.92 Å². The van der Waals surface area contributed by atoms with E-state index in [1.807, 2.05) is 27.7 Å². The molecule has 6 N–H and O–H groups in total. The lowest BCUT2D eigenvalue weighted by atomic mass is 9.91. The first kappa shape index (κ1) is 34.6. The number of hydrogen-bond donors (Lipinski definition) is 4. The Labute approximate surface area is 297 Å². The number of nitrogen functional groups attached to an aromatic ring is 2. The highest BCUT2D eigenvalue weighted by atomic mass is 32.1. The van der Waals surface area contributed by atoms with Gasteiger partial charge in [0.25, 0.3) is 10.3 Å². The van der Waals surface area contributed by atoms with Crippen LogP contribution in [0.15, 0.2) is 69.0 Å². The van der Waals surface area contributed by atoms with Gasteiger partial charge in [-0.2, -0.15) is 10.2 Å². The fourth-order valence-corrected chi connectivity index (χ4v) is 6.31. The molecule has 6 rings (SSSR count). The summed E-state index contributed by atoms with van der Waals surface area (Å²) >= 11 is 2.42. The third kappa shape index (κ3) is 7.07. The van der Waals surface area contributed by atoms with E-state index in [1.54, 1.807) is 31.2 Å². The smallest absolute Gasteiger partial charge is 0.335 e. The minimum atomic E-state index is -1.07. The van der Waals surface area contributed by atoms with Gasteiger partial charge in [-0.25, -0.2) is 19.0 Å². The molecule has 1 atom stereocenters. The van der Waals surface area contributed by atoms with Gasteiger partial charge in [0.15, 0.2) is 23.0 Å². The standard InChI is InChI=1S/C31H30N14O4S2/c1-14(25-36-40-29(50-25)38-34-20-15(2)42-44(23(20)32)18-10-6-8-16(12-18)27(46)47)26-37-41-30(51-26)39-35-21-22(31(3,4)5)43-45(24(21)33)19-11-7-9-17(13-19)28(48)49/h6-14H,32-33H2,1-5H3,(H,46,47)(H,48,49). The zero-order valence-electron chi connectivity index (χ0n) is 27.7. The van der Waals surface area contributed by atoms with Gasteiger partial charge in [-0.05, 0) is 50.2 Å². The minimum Gasteiger partial charge on any atom is -0.478 e. The molecule has 0 radical (unpaired) electrons. The van der Waals surface area contributed by atoms with E-state index in [4.69, 9.17) is 11.5 Å². The predicted octanol–water partition coefficient (Wildman–Crippen LogP) is 6.91. The fourth-order valence-electron chi connectivity index (χ4n) is 4.80. The summed E-state index contributed by atoms with van der Waals surface area (Å²) in [5.41, 5.74) is 15.2. The SMILES string of the molecule is Cc1nn(-c2cccc(C(=O)O)c2)c(N)c1N=Nc1nnc(C(C)c2nnc(N=Nc3c(C(C)(C)C)nn(-c4cccc(C(=O)O)c4)c3N)s2)s1. The number of anilines is 2. The summed E-state index contributed by atoms with van der Waals surface area (Å²) in [6, 6.07) is 12.5. The summed E-state index contributed by atoms with van der Waals surface area (Å²) in [5, 5.41) is 63.6. The molecule has 0 aliphatic rings. The number of hydrogen-bond acceptors (Lipinski definition) is 16. The number of benzene rings is 2. The minimum absolute atomic E-state index is 0.0959. The van der Waals surface area contributed by atoms with Crippen LogP contribution >= 0.6 is 22.7 Å². The number of aryl methyl sites for hydroxylation is 1. The summed E-state index contributed by atoms with van der Waals surface area (Å²) in [7, 11) is 0. The maximum Gasteiger partial charge on any atom is 0.335 e. The molecule has 0 saturated carbocycles. The van der Waals surface area contributed by atoms with Crippen molar-refractivity contribution in [1.29, 1.82) is 0 Å². The molecule has 51 heavy (non-hydrogen) atoms. The molecule has 20 heteroatoms. The van der Waals surface area contributed by atoms with Crippen molar-refractivity contribution in [2.24, 2.45) is 20.5 Å². The van der Waals surface area contributed by atoms with Crippen molar-refractivity contribution in [3.8, 4) is 11.4 Å². The van der Waals surface area contributed by atoms with E-state index in [-0.39, 0.29) is 38.9 Å². The highest BCUT2D eigenvalue weighted by Gasteiger charge is 2.27. The molecule has 0 saturated heterocycles. The van der Waals surface area contributed by atoms with Crippen molar-refractivity contribution in [2.75, 3.05) is 11.5 Å². The van der Waals surface area contributed by atoms with E-state index in [1.165, 1.54) is 56.3 Å². The number of nitrogens with two attached hydrogens (primary N) is 2. The van der Waals surface area contributed by atoms with E-state index in [0.717, 1.165) is 0 Å². The number of nitrogens with zero attached hydrogens (tertiary/aromatic N) is 12. The van der Waals surface area contributed by atoms with Crippen LogP contribution in [0.5, 0.6) is 0 Å². The summed E-state index contributed by atoms with van der Waals surface area (Å²) in [4.78, 5) is 22.9. The van der Waals surface area contributed by atoms with E-state index in [9.17, 15) is 19.8 Å². The first-order valence-corrected chi connectivity index (χ1v) is 16.8. The highest BCUT2D eigenvalue weighted by Crippen LogP contribution is 2.39. The van der Waals surface area contributed by atoms with Gasteiger partial charge in [0, 0.05) is 5.41 Å². The molecule has 0 bridgehead atoms. The number of carboxylic acid groups (broad SMARTS) is 2. The third-order valence-electron chi connectivity index (χ3n) is 7.42. The normalized spacial score (nSPS) is 12.6. The number of carbonyl (C=O) groups is 2. The van der Waals surface area contributed by atoms with Crippen molar-refractivity contribution in [3.63, 3.8) is 0 Å². The molecular formula is C31H30N14O4S2. The first-order chi connectivity index (χ1) is 24.2. The Balaban J connectivity index is 1.20. The molecule has 0 amide bonds. The Morgan fingerprint density at radius 2 is 1.22 bits per heavy atom. The molecule has 4 aromatic heterocycles. The average molecular weight is 727 g/mol. The second-order valence-electron chi connectivity index (χ2n) is 12.2. The highest BCUT2D eigenvalue weighted by molar-refractivity contribution is 7.16. The van der Waals surface area contributed by atoms with Crippen molar-refractivity contribution in [3.05, 3.63) is 81.1 Å². The van der Waals surface area contributed by atoms with Crippen LogP contribution in [-0.4, -0.2) is 62.1 Å². The van der Waals surface area contributed by atoms with Crippen LogP contribution in [-0.2, 0) is 5.41 Å². The number of aromatic nitrogens is 8. The number of aromatic carboxylic acids is 2. The van der Waals surface area contributed by atoms with Gasteiger partial charge < -0.3 is 21.7 Å². The summed E-state index contributed by atoms with van der Waals surface area (Å²) < 4.78 is 2.85. The van der Waals surface area contributed by atoms with Crippen molar-refractivity contribution < 1.29 is 19.8 Å². The molecule has 260 valence electrons. The molecule has 1 unspecified atom stereocenters. The zero-order valence-corrected chi connectivity index (χ0v) is 29.4. The number of carboxylic acids is 2. The summed E-state index contributed by atoms with van der Waals surface area (Å²) in [5.74, 6) is -2.06. The fraction of sp³-hybridized carbons (Fsp3) is 0.226. The van der Waals surface area contributed by atoms with Crippen LogP contribution in [0.3, 0.4) is 0 Å². The van der Waals surface area contributed by atoms with E-state index in [2.05, 4.69) is 51.0 Å². The van der Waals surface area contributed by atoms with Gasteiger partial charge >= 0.3 is 11.9 Å². The van der Waals surface area contributed by atoms with E-state index >= 15 is 0 Å². The van der Waals surface area contributed by atoms with Crippen LogP contribution in [0.2, 0.25) is 0 Å². The van der Waals surface area contributed by atoms with Gasteiger partial charge in [0.2, 0.25) is 0 Å². The van der Waals surface area contributed by atoms with Crippen molar-refractivity contribution in [2.45, 2.75) is 46.0 Å². The Bertz CT molecular complexity index is 2350. The maximum atomic E-state index is 11.5. The van der Waals surface area contributed by atoms with E-state index in [0.29, 0.717) is 44.2 Å². The second-order valence-corrected chi connectivity index (χ2v) is 14.1. The summed E-state index contributed by atoms with van der Waals surface area (Å²) in [6.07, 6.45) is 0. The van der Waals surface area contributed by atoms with Gasteiger partial charge in [-0.3, -0.25) is 0 Å². The largest absolute Gasteiger partial charge is 0.478 e. The molecule has 4 heterocycles. The molecule has 0 aliphatic heterocycles. The molecule has 0 fully saturated rings. The van der Waals surface area contributed by atoms with Crippen molar-refractivity contribution >= 4 is 67.9 Å². The summed E-state index contributed by atoms with van der Waals surface area (Å²) in [6.45, 7) is 9.48. The second kappa shape index (κ2) is 13.6. The van der Waals surface area contributed by atoms with Crippen LogP contribution in [0.4, 0.5) is 33.3 Å². The molecule has 0 aliphatic carbocycles. The Kier molecular flexibility index (Phi) is 9.19. The first-order valence-electron chi connectivity index (χ1n) is 15.1. The third-order valence-corrected chi connectivity index (χ3v) is 9.40. The number of rotatable bonds is 10. The molecule has 6 aromatic rings. The van der Waals surface area contributed by atoms with E-state index < -0.39 is 17.4 Å². The van der Waals surface area contributed by atoms with Gasteiger partial charge in [0.1, 0.15) is 10.0 Å². The topological polar surface area (TPSA) is 263 Å². The lowest BCUT2D eigenvalue weighted by molar-refractivity contribution is 0.0686. The molecule has 2 aromatic carbocycles. The molecule has 0 spiro atoms. The Hall–Kier alpha value is -6.28. The van der Waals surface area contributed by atoms with Crippen LogP contribution < -0.4 is 11.5 Å². The monoisotopic (exact) mass is 726 g/mol. The van der Waals surface area contributed by atoms with Crippen molar-refractivity contribution in [1.82, 2.24) is 40.0 Å². The molecular weight excluding hydrogens is 697 g/mol. The van der Waals surface area contributed by atoms with Gasteiger partial charge in [-0.1, -0.05) is 55.6 Å². The zero-order chi connectivity index (χ0) is 36.6. The lowest BCUT2D eigenvalue weighted by Gasteiger charge is -2.15. The Morgan fingerprint density at radius 1 is 0.745 bits per heavy atom.